The molecule has 0 aliphatic rings. The molecule has 11 heteroatoms. The van der Waals surface area contributed by atoms with Crippen LogP contribution in [0.3, 0.4) is 0 Å². The highest BCUT2D eigenvalue weighted by atomic mass is 19.2. The maximum Gasteiger partial charge on any atom is 0.211 e. The molecule has 0 aliphatic heterocycles. The fraction of sp³-hybridized carbons (Fsp3) is 0.0556. The molecule has 0 fully saturated rings. The lowest BCUT2D eigenvalue weighted by atomic mass is 10.2. The van der Waals surface area contributed by atoms with E-state index in [0.717, 1.165) is 6.07 Å². The van der Waals surface area contributed by atoms with E-state index in [1.807, 2.05) is 0 Å². The smallest absolute Gasteiger partial charge is 0.211 e. The van der Waals surface area contributed by atoms with Gasteiger partial charge in [0.05, 0.1) is 24.2 Å². The van der Waals surface area contributed by atoms with Crippen molar-refractivity contribution in [3.63, 3.8) is 0 Å². The Labute approximate surface area is 163 Å². The summed E-state index contributed by atoms with van der Waals surface area (Å²) in [5.41, 5.74) is 12.7. The summed E-state index contributed by atoms with van der Waals surface area (Å²) in [5, 5.41) is 6.13. The van der Waals surface area contributed by atoms with Gasteiger partial charge in [-0.15, -0.1) is 0 Å². The third-order valence-corrected chi connectivity index (χ3v) is 3.73. The van der Waals surface area contributed by atoms with E-state index in [9.17, 15) is 13.6 Å². The monoisotopic (exact) mass is 399 g/mol. The number of benzene rings is 1. The van der Waals surface area contributed by atoms with Crippen molar-refractivity contribution in [2.75, 3.05) is 11.1 Å². The fourth-order valence-electron chi connectivity index (χ4n) is 2.31. The van der Waals surface area contributed by atoms with Crippen molar-refractivity contribution >= 4 is 29.3 Å². The number of nitrogens with zero attached hydrogens (tertiary/aromatic N) is 4. The first-order valence-electron chi connectivity index (χ1n) is 8.18. The van der Waals surface area contributed by atoms with E-state index in [4.69, 9.17) is 16.0 Å². The van der Waals surface area contributed by atoms with Gasteiger partial charge in [0.1, 0.15) is 17.6 Å². The van der Waals surface area contributed by atoms with Gasteiger partial charge >= 0.3 is 0 Å². The number of aromatic nitrogens is 3. The van der Waals surface area contributed by atoms with Gasteiger partial charge in [-0.25, -0.2) is 18.7 Å². The van der Waals surface area contributed by atoms with Crippen LogP contribution in [0.2, 0.25) is 0 Å². The van der Waals surface area contributed by atoms with Gasteiger partial charge in [0.2, 0.25) is 6.41 Å². The summed E-state index contributed by atoms with van der Waals surface area (Å²) in [4.78, 5) is 22.8. The van der Waals surface area contributed by atoms with Crippen LogP contribution in [0.4, 0.5) is 20.3 Å². The number of anilines is 2. The van der Waals surface area contributed by atoms with Crippen molar-refractivity contribution in [3.05, 3.63) is 71.5 Å². The SMILES string of the molecule is N/C(=C\C(=NCc1cccc(F)c1F)c1ccon1)c1ncc(NC=O)c(N)n1. The van der Waals surface area contributed by atoms with E-state index in [1.165, 1.54) is 36.7 Å². The molecule has 0 saturated heterocycles. The highest BCUT2D eigenvalue weighted by Crippen LogP contribution is 2.17. The van der Waals surface area contributed by atoms with Crippen molar-refractivity contribution in [2.45, 2.75) is 6.54 Å². The Morgan fingerprint density at radius 2 is 2.14 bits per heavy atom. The molecule has 0 aliphatic carbocycles. The lowest BCUT2D eigenvalue weighted by Crippen LogP contribution is -2.10. The van der Waals surface area contributed by atoms with Crippen molar-refractivity contribution in [1.82, 2.24) is 15.1 Å². The number of hydrogen-bond acceptors (Lipinski definition) is 8. The van der Waals surface area contributed by atoms with E-state index < -0.39 is 11.6 Å². The summed E-state index contributed by atoms with van der Waals surface area (Å²) in [5.74, 6) is -1.86. The summed E-state index contributed by atoms with van der Waals surface area (Å²) < 4.78 is 32.1. The van der Waals surface area contributed by atoms with Gasteiger partial charge in [-0.05, 0) is 12.1 Å². The predicted molar refractivity (Wildman–Crippen MR) is 101 cm³/mol. The standard InChI is InChI=1S/C18H15F2N7O2/c19-11-3-1-2-10(16(11)20)7-23-14(13-4-5-29-27-13)6-12(21)18-24-8-15(25-9-28)17(22)26-18/h1-6,8-9H,7,21H2,(H,25,28)(H2,22,24,26)/b12-6-,23-14?. The van der Waals surface area contributed by atoms with E-state index in [-0.39, 0.29) is 40.8 Å². The Kier molecular flexibility index (Phi) is 5.88. The Bertz CT molecular complexity index is 1080. The number of carbonyl (C=O) groups excluding carboxylic acids is 1. The van der Waals surface area contributed by atoms with Crippen LogP contribution in [0.5, 0.6) is 0 Å². The number of amides is 1. The van der Waals surface area contributed by atoms with E-state index in [1.54, 1.807) is 0 Å². The van der Waals surface area contributed by atoms with Crippen molar-refractivity contribution in [3.8, 4) is 0 Å². The molecule has 3 rings (SSSR count). The van der Waals surface area contributed by atoms with Gasteiger partial charge in [-0.1, -0.05) is 17.3 Å². The molecule has 29 heavy (non-hydrogen) atoms. The van der Waals surface area contributed by atoms with E-state index in [2.05, 4.69) is 25.4 Å². The molecule has 1 amide bonds. The first kappa shape index (κ1) is 19.6. The molecule has 5 N–H and O–H groups in total. The van der Waals surface area contributed by atoms with Crippen molar-refractivity contribution < 1.29 is 18.1 Å². The van der Waals surface area contributed by atoms with Gasteiger partial charge in [0.25, 0.3) is 0 Å². The Morgan fingerprint density at radius 1 is 1.31 bits per heavy atom. The highest BCUT2D eigenvalue weighted by Gasteiger charge is 2.12. The molecule has 0 spiro atoms. The average Bonchev–Trinajstić information content (AvgIpc) is 3.24. The number of halogens is 2. The second-order valence-electron chi connectivity index (χ2n) is 5.65. The van der Waals surface area contributed by atoms with E-state index in [0.29, 0.717) is 12.1 Å². The number of nitrogens with two attached hydrogens (primary N) is 2. The molecule has 2 heterocycles. The average molecular weight is 399 g/mol. The third-order valence-electron chi connectivity index (χ3n) is 3.73. The Hall–Kier alpha value is -4.15. The number of allylic oxidation sites excluding steroid dienone is 1. The number of rotatable bonds is 7. The molecule has 2 aromatic heterocycles. The van der Waals surface area contributed by atoms with Crippen LogP contribution in [0, 0.1) is 11.6 Å². The quantitative estimate of drug-likeness (QED) is 0.406. The maximum absolute atomic E-state index is 13.9. The van der Waals surface area contributed by atoms with E-state index >= 15 is 0 Å². The first-order valence-corrected chi connectivity index (χ1v) is 8.18. The topological polar surface area (TPSA) is 145 Å². The number of carbonyl (C=O) groups is 1. The summed E-state index contributed by atoms with van der Waals surface area (Å²) >= 11 is 0. The molecule has 3 aromatic rings. The van der Waals surface area contributed by atoms with Crippen LogP contribution in [0.25, 0.3) is 5.70 Å². The molecule has 0 saturated carbocycles. The Balaban J connectivity index is 1.94. The zero-order valence-corrected chi connectivity index (χ0v) is 14.8. The second kappa shape index (κ2) is 8.69. The van der Waals surface area contributed by atoms with Crippen LogP contribution >= 0.6 is 0 Å². The van der Waals surface area contributed by atoms with Gasteiger partial charge in [-0.3, -0.25) is 9.79 Å². The molecule has 0 radical (unpaired) electrons. The van der Waals surface area contributed by atoms with Crippen LogP contribution in [0.1, 0.15) is 17.1 Å². The Morgan fingerprint density at radius 3 is 2.83 bits per heavy atom. The molecule has 9 nitrogen and oxygen atoms in total. The minimum absolute atomic E-state index is 0.0141. The lowest BCUT2D eigenvalue weighted by Gasteiger charge is -2.06. The molecular weight excluding hydrogens is 384 g/mol. The summed E-state index contributed by atoms with van der Waals surface area (Å²) in [6.07, 6.45) is 4.46. The first-order chi connectivity index (χ1) is 14.0. The largest absolute Gasteiger partial charge is 0.396 e. The minimum Gasteiger partial charge on any atom is -0.396 e. The number of hydrogen-bond donors (Lipinski definition) is 3. The van der Waals surface area contributed by atoms with Crippen LogP contribution < -0.4 is 16.8 Å². The molecule has 0 atom stereocenters. The predicted octanol–water partition coefficient (Wildman–Crippen LogP) is 1.88. The normalized spacial score (nSPS) is 12.1. The fourth-order valence-corrected chi connectivity index (χ4v) is 2.31. The molecule has 0 unspecified atom stereocenters. The van der Waals surface area contributed by atoms with Gasteiger partial charge in [-0.2, -0.15) is 0 Å². The number of aliphatic imine (C=N–C) groups is 1. The van der Waals surface area contributed by atoms with Crippen molar-refractivity contribution in [1.29, 1.82) is 0 Å². The van der Waals surface area contributed by atoms with Gasteiger partial charge in [0, 0.05) is 11.6 Å². The lowest BCUT2D eigenvalue weighted by molar-refractivity contribution is -0.105. The molecular formula is C18H15F2N7O2. The van der Waals surface area contributed by atoms with Crippen molar-refractivity contribution in [2.24, 2.45) is 10.7 Å². The third kappa shape index (κ3) is 4.58. The summed E-state index contributed by atoms with van der Waals surface area (Å²) in [7, 11) is 0. The number of nitrogens with one attached hydrogen (secondary N) is 1. The number of nitrogen functional groups attached to an aromatic ring is 1. The van der Waals surface area contributed by atoms with Gasteiger partial charge < -0.3 is 21.3 Å². The molecule has 148 valence electrons. The maximum atomic E-state index is 13.9. The van der Waals surface area contributed by atoms with Crippen LogP contribution in [-0.2, 0) is 11.3 Å². The van der Waals surface area contributed by atoms with Gasteiger partial charge in [0.15, 0.2) is 23.3 Å². The highest BCUT2D eigenvalue weighted by molar-refractivity contribution is 6.10. The zero-order chi connectivity index (χ0) is 20.8. The second-order valence-corrected chi connectivity index (χ2v) is 5.65. The molecule has 0 bridgehead atoms. The minimum atomic E-state index is -0.984. The summed E-state index contributed by atoms with van der Waals surface area (Å²) in [6.45, 7) is -0.166. The summed E-state index contributed by atoms with van der Waals surface area (Å²) in [6, 6.07) is 5.34. The van der Waals surface area contributed by atoms with Crippen LogP contribution in [-0.4, -0.2) is 27.2 Å². The zero-order valence-electron chi connectivity index (χ0n) is 14.8. The molecule has 1 aromatic carbocycles. The van der Waals surface area contributed by atoms with Crippen LogP contribution in [0.15, 0.2) is 52.3 Å².